The number of aliphatic hydroxyl groups excluding tert-OH is 1. The van der Waals surface area contributed by atoms with E-state index in [-0.39, 0.29) is 11.8 Å². The van der Waals surface area contributed by atoms with Gasteiger partial charge in [-0.05, 0) is 22.1 Å². The number of aliphatic hydroxyl groups is 1. The van der Waals surface area contributed by atoms with Gasteiger partial charge in [0.15, 0.2) is 6.10 Å². The summed E-state index contributed by atoms with van der Waals surface area (Å²) in [6, 6.07) is 15.6. The largest absolute Gasteiger partial charge is 0.467 e. The number of methoxy groups -OCH3 is 1. The van der Waals surface area contributed by atoms with E-state index < -0.39 is 24.0 Å². The molecular weight excluding hydrogens is 342 g/mol. The van der Waals surface area contributed by atoms with Gasteiger partial charge >= 0.3 is 5.97 Å². The predicted octanol–water partition coefficient (Wildman–Crippen LogP) is 2.92. The lowest BCUT2D eigenvalue weighted by atomic mass is 9.86. The van der Waals surface area contributed by atoms with Gasteiger partial charge in [-0.2, -0.15) is 0 Å². The number of carbonyl (C=O) groups excluding carboxylic acids is 2. The molecule has 0 spiro atoms. The fraction of sp³-hybridized carbons (Fsp3) is 0.364. The Bertz CT molecular complexity index is 763. The number of carbonyl (C=O) groups is 2. The average Bonchev–Trinajstić information content (AvgIpc) is 2.66. The van der Waals surface area contributed by atoms with E-state index in [1.165, 1.54) is 12.7 Å². The first-order valence-electron chi connectivity index (χ1n) is 8.93. The van der Waals surface area contributed by atoms with E-state index in [2.05, 4.69) is 26.1 Å². The van der Waals surface area contributed by atoms with Crippen LogP contribution >= 0.6 is 0 Å². The standard InChI is InChI=1S/C22H27NO4/c1-22(2,3)17-12-10-15(11-13-17)14-18(21(26)27-4)23-20(25)19(24)16-8-6-5-7-9-16/h5-13,18-19,24H,14H2,1-4H3,(H,23,25)/t18-,19+/m1/s1. The lowest BCUT2D eigenvalue weighted by molar-refractivity contribution is -0.146. The molecule has 2 atom stereocenters. The average molecular weight is 369 g/mol. The van der Waals surface area contributed by atoms with Crippen LogP contribution in [-0.4, -0.2) is 30.1 Å². The lowest BCUT2D eigenvalue weighted by Crippen LogP contribution is -2.45. The quantitative estimate of drug-likeness (QED) is 0.768. The minimum absolute atomic E-state index is 0.0360. The molecule has 0 aliphatic heterocycles. The second-order valence-corrected chi connectivity index (χ2v) is 7.55. The fourth-order valence-corrected chi connectivity index (χ4v) is 2.75. The maximum atomic E-state index is 12.4. The molecule has 0 bridgehead atoms. The number of hydrogen-bond acceptors (Lipinski definition) is 4. The van der Waals surface area contributed by atoms with Gasteiger partial charge in [-0.1, -0.05) is 75.4 Å². The third-order valence-corrected chi connectivity index (χ3v) is 4.43. The Morgan fingerprint density at radius 3 is 2.15 bits per heavy atom. The Morgan fingerprint density at radius 2 is 1.63 bits per heavy atom. The molecule has 0 aliphatic rings. The number of ether oxygens (including phenoxy) is 1. The van der Waals surface area contributed by atoms with Crippen LogP contribution in [0.1, 0.15) is 43.6 Å². The smallest absolute Gasteiger partial charge is 0.328 e. The minimum Gasteiger partial charge on any atom is -0.467 e. The van der Waals surface area contributed by atoms with Crippen molar-refractivity contribution in [1.82, 2.24) is 5.32 Å². The third kappa shape index (κ3) is 5.66. The summed E-state index contributed by atoms with van der Waals surface area (Å²) in [5.74, 6) is -1.19. The van der Waals surface area contributed by atoms with Crippen LogP contribution in [0.2, 0.25) is 0 Å². The molecule has 5 heteroatoms. The van der Waals surface area contributed by atoms with Gasteiger partial charge < -0.3 is 15.2 Å². The first-order valence-corrected chi connectivity index (χ1v) is 8.93. The van der Waals surface area contributed by atoms with Crippen molar-refractivity contribution in [2.75, 3.05) is 7.11 Å². The first kappa shape index (κ1) is 20.6. The van der Waals surface area contributed by atoms with E-state index in [1.807, 2.05) is 24.3 Å². The van der Waals surface area contributed by atoms with Crippen molar-refractivity contribution in [2.45, 2.75) is 44.8 Å². The monoisotopic (exact) mass is 369 g/mol. The summed E-state index contributed by atoms with van der Waals surface area (Å²) >= 11 is 0. The number of rotatable bonds is 6. The van der Waals surface area contributed by atoms with Crippen molar-refractivity contribution in [3.05, 3.63) is 71.3 Å². The van der Waals surface area contributed by atoms with E-state index in [0.717, 1.165) is 5.56 Å². The summed E-state index contributed by atoms with van der Waals surface area (Å²) in [4.78, 5) is 24.5. The Hall–Kier alpha value is -2.66. The Balaban J connectivity index is 2.11. The highest BCUT2D eigenvalue weighted by Gasteiger charge is 2.26. The molecule has 5 nitrogen and oxygen atoms in total. The van der Waals surface area contributed by atoms with Crippen molar-refractivity contribution >= 4 is 11.9 Å². The normalized spacial score (nSPS) is 13.5. The Kier molecular flexibility index (Phi) is 6.75. The van der Waals surface area contributed by atoms with Gasteiger partial charge in [0.25, 0.3) is 5.91 Å². The molecule has 0 heterocycles. The summed E-state index contributed by atoms with van der Waals surface area (Å²) in [6.45, 7) is 6.39. The molecule has 0 aliphatic carbocycles. The van der Waals surface area contributed by atoms with Crippen molar-refractivity contribution < 1.29 is 19.4 Å². The molecule has 0 fully saturated rings. The Labute approximate surface area is 160 Å². The van der Waals surface area contributed by atoms with Gasteiger partial charge in [-0.25, -0.2) is 4.79 Å². The topological polar surface area (TPSA) is 75.6 Å². The van der Waals surface area contributed by atoms with Crippen LogP contribution in [0.4, 0.5) is 0 Å². The van der Waals surface area contributed by atoms with Crippen LogP contribution in [0, 0.1) is 0 Å². The number of hydrogen-bond donors (Lipinski definition) is 2. The van der Waals surface area contributed by atoms with Gasteiger partial charge in [0, 0.05) is 6.42 Å². The molecule has 0 unspecified atom stereocenters. The highest BCUT2D eigenvalue weighted by molar-refractivity contribution is 5.87. The van der Waals surface area contributed by atoms with E-state index in [0.29, 0.717) is 5.56 Å². The number of amides is 1. The number of esters is 1. The van der Waals surface area contributed by atoms with Gasteiger partial charge in [0.2, 0.25) is 0 Å². The fourth-order valence-electron chi connectivity index (χ4n) is 2.75. The molecule has 144 valence electrons. The molecule has 2 aromatic rings. The molecule has 2 N–H and O–H groups in total. The number of nitrogens with one attached hydrogen (secondary N) is 1. The summed E-state index contributed by atoms with van der Waals surface area (Å²) in [5, 5.41) is 12.8. The molecule has 0 aromatic heterocycles. The summed E-state index contributed by atoms with van der Waals surface area (Å²) in [5.41, 5.74) is 2.58. The van der Waals surface area contributed by atoms with Crippen molar-refractivity contribution in [3.8, 4) is 0 Å². The number of benzene rings is 2. The van der Waals surface area contributed by atoms with Crippen molar-refractivity contribution in [3.63, 3.8) is 0 Å². The molecule has 27 heavy (non-hydrogen) atoms. The highest BCUT2D eigenvalue weighted by Crippen LogP contribution is 2.22. The van der Waals surface area contributed by atoms with Gasteiger partial charge in [-0.15, -0.1) is 0 Å². The van der Waals surface area contributed by atoms with E-state index in [4.69, 9.17) is 4.74 Å². The van der Waals surface area contributed by atoms with Crippen LogP contribution in [0.3, 0.4) is 0 Å². The molecular formula is C22H27NO4. The zero-order chi connectivity index (χ0) is 20.0. The zero-order valence-electron chi connectivity index (χ0n) is 16.2. The lowest BCUT2D eigenvalue weighted by Gasteiger charge is -2.21. The maximum Gasteiger partial charge on any atom is 0.328 e. The van der Waals surface area contributed by atoms with Crippen molar-refractivity contribution in [1.29, 1.82) is 0 Å². The summed E-state index contributed by atoms with van der Waals surface area (Å²) < 4.78 is 4.81. The minimum atomic E-state index is -1.35. The highest BCUT2D eigenvalue weighted by atomic mass is 16.5. The zero-order valence-corrected chi connectivity index (χ0v) is 16.2. The molecule has 0 radical (unpaired) electrons. The maximum absolute atomic E-state index is 12.4. The molecule has 1 amide bonds. The van der Waals surface area contributed by atoms with E-state index >= 15 is 0 Å². The predicted molar refractivity (Wildman–Crippen MR) is 104 cm³/mol. The van der Waals surface area contributed by atoms with Crippen LogP contribution in [0.5, 0.6) is 0 Å². The molecule has 2 aromatic carbocycles. The first-order chi connectivity index (χ1) is 12.7. The van der Waals surface area contributed by atoms with Crippen molar-refractivity contribution in [2.24, 2.45) is 0 Å². The summed E-state index contributed by atoms with van der Waals surface area (Å²) in [6.07, 6.45) is -1.06. The van der Waals surface area contributed by atoms with Crippen LogP contribution < -0.4 is 5.32 Å². The molecule has 2 rings (SSSR count). The third-order valence-electron chi connectivity index (χ3n) is 4.43. The molecule has 0 saturated heterocycles. The van der Waals surface area contributed by atoms with E-state index in [9.17, 15) is 14.7 Å². The van der Waals surface area contributed by atoms with Gasteiger partial charge in [-0.3, -0.25) is 4.79 Å². The second-order valence-electron chi connectivity index (χ2n) is 7.55. The van der Waals surface area contributed by atoms with E-state index in [1.54, 1.807) is 30.3 Å². The Morgan fingerprint density at radius 1 is 1.04 bits per heavy atom. The van der Waals surface area contributed by atoms with Gasteiger partial charge in [0.05, 0.1) is 7.11 Å². The SMILES string of the molecule is COC(=O)[C@@H](Cc1ccc(C(C)(C)C)cc1)NC(=O)[C@@H](O)c1ccccc1. The van der Waals surface area contributed by atoms with Crippen LogP contribution in [0.25, 0.3) is 0 Å². The molecule has 0 saturated carbocycles. The second kappa shape index (κ2) is 8.82. The summed E-state index contributed by atoms with van der Waals surface area (Å²) in [7, 11) is 1.28. The van der Waals surface area contributed by atoms with Crippen LogP contribution in [0.15, 0.2) is 54.6 Å². The van der Waals surface area contributed by atoms with Gasteiger partial charge in [0.1, 0.15) is 6.04 Å². The van der Waals surface area contributed by atoms with Crippen LogP contribution in [-0.2, 0) is 26.2 Å².